The highest BCUT2D eigenvalue weighted by Gasteiger charge is 2.11. The quantitative estimate of drug-likeness (QED) is 0.611. The molecular formula is C11H22O2. The molecule has 13 heavy (non-hydrogen) atoms. The maximum absolute atomic E-state index is 11.1. The summed E-state index contributed by atoms with van der Waals surface area (Å²) < 4.78 is 5.30. The number of rotatable bonds is 7. The molecule has 0 bridgehead atoms. The molecule has 0 rings (SSSR count). The lowest BCUT2D eigenvalue weighted by atomic mass is 10.0. The predicted molar refractivity (Wildman–Crippen MR) is 54.8 cm³/mol. The molecule has 0 aliphatic rings. The summed E-state index contributed by atoms with van der Waals surface area (Å²) in [5.74, 6) is 0.979. The average molecular weight is 186 g/mol. The summed E-state index contributed by atoms with van der Waals surface area (Å²) in [5, 5.41) is 0. The van der Waals surface area contributed by atoms with Gasteiger partial charge in [0.15, 0.2) is 0 Å². The fourth-order valence-electron chi connectivity index (χ4n) is 1.36. The van der Waals surface area contributed by atoms with Crippen LogP contribution in [-0.2, 0) is 9.53 Å². The Hall–Kier alpha value is -0.370. The minimum atomic E-state index is 0.260. The van der Waals surface area contributed by atoms with E-state index in [-0.39, 0.29) is 6.10 Å². The van der Waals surface area contributed by atoms with Gasteiger partial charge in [0.2, 0.25) is 0 Å². The minimum absolute atomic E-state index is 0.260. The van der Waals surface area contributed by atoms with Gasteiger partial charge >= 0.3 is 0 Å². The maximum Gasteiger partial charge on any atom is 0.132 e. The summed E-state index contributed by atoms with van der Waals surface area (Å²) in [7, 11) is 1.73. The SMILES string of the molecule is CCC(=O)CCC(CC(C)C)OC. The van der Waals surface area contributed by atoms with Gasteiger partial charge in [-0.25, -0.2) is 0 Å². The van der Waals surface area contributed by atoms with E-state index in [1.807, 2.05) is 6.92 Å². The Kier molecular flexibility index (Phi) is 6.87. The Labute approximate surface area is 81.7 Å². The molecule has 0 aliphatic heterocycles. The molecule has 2 nitrogen and oxygen atoms in total. The van der Waals surface area contributed by atoms with Crippen LogP contribution in [0, 0.1) is 5.92 Å². The number of carbonyl (C=O) groups is 1. The second-order valence-corrected chi connectivity index (χ2v) is 3.92. The van der Waals surface area contributed by atoms with Gasteiger partial charge in [0.25, 0.3) is 0 Å². The molecule has 0 fully saturated rings. The van der Waals surface area contributed by atoms with Crippen LogP contribution < -0.4 is 0 Å². The fraction of sp³-hybridized carbons (Fsp3) is 0.909. The highest BCUT2D eigenvalue weighted by Crippen LogP contribution is 2.13. The Morgan fingerprint density at radius 3 is 2.38 bits per heavy atom. The molecule has 1 atom stereocenters. The molecule has 0 N–H and O–H groups in total. The van der Waals surface area contributed by atoms with Crippen LogP contribution in [0.5, 0.6) is 0 Å². The van der Waals surface area contributed by atoms with E-state index in [2.05, 4.69) is 13.8 Å². The summed E-state index contributed by atoms with van der Waals surface area (Å²) in [6.45, 7) is 6.26. The fourth-order valence-corrected chi connectivity index (χ4v) is 1.36. The van der Waals surface area contributed by atoms with Gasteiger partial charge in [-0.15, -0.1) is 0 Å². The molecule has 0 aromatic heterocycles. The van der Waals surface area contributed by atoms with E-state index in [1.54, 1.807) is 7.11 Å². The molecule has 0 aromatic carbocycles. The molecule has 0 saturated heterocycles. The van der Waals surface area contributed by atoms with Crippen molar-refractivity contribution in [3.63, 3.8) is 0 Å². The van der Waals surface area contributed by atoms with Gasteiger partial charge in [0.05, 0.1) is 6.10 Å². The monoisotopic (exact) mass is 186 g/mol. The van der Waals surface area contributed by atoms with Crippen LogP contribution in [-0.4, -0.2) is 19.0 Å². The molecular weight excluding hydrogens is 164 g/mol. The lowest BCUT2D eigenvalue weighted by Crippen LogP contribution is -2.15. The van der Waals surface area contributed by atoms with Crippen molar-refractivity contribution in [1.82, 2.24) is 0 Å². The molecule has 78 valence electrons. The van der Waals surface area contributed by atoms with Gasteiger partial charge in [-0.1, -0.05) is 20.8 Å². The molecule has 0 amide bonds. The zero-order valence-electron chi connectivity index (χ0n) is 9.30. The Bertz CT molecular complexity index is 141. The van der Waals surface area contributed by atoms with E-state index < -0.39 is 0 Å². The maximum atomic E-state index is 11.1. The van der Waals surface area contributed by atoms with Crippen molar-refractivity contribution < 1.29 is 9.53 Å². The summed E-state index contributed by atoms with van der Waals surface area (Å²) in [5.41, 5.74) is 0. The van der Waals surface area contributed by atoms with Crippen molar-refractivity contribution in [3.05, 3.63) is 0 Å². The number of ketones is 1. The Morgan fingerprint density at radius 1 is 1.38 bits per heavy atom. The van der Waals surface area contributed by atoms with Crippen LogP contribution in [0.25, 0.3) is 0 Å². The normalized spacial score (nSPS) is 13.3. The van der Waals surface area contributed by atoms with Crippen LogP contribution in [0.4, 0.5) is 0 Å². The van der Waals surface area contributed by atoms with Gasteiger partial charge in [-0.05, 0) is 18.8 Å². The van der Waals surface area contributed by atoms with Crippen molar-refractivity contribution in [2.45, 2.75) is 52.6 Å². The van der Waals surface area contributed by atoms with Gasteiger partial charge in [-0.2, -0.15) is 0 Å². The molecule has 0 saturated carbocycles. The van der Waals surface area contributed by atoms with Gasteiger partial charge in [-0.3, -0.25) is 4.79 Å². The van der Waals surface area contributed by atoms with Crippen LogP contribution >= 0.6 is 0 Å². The third-order valence-electron chi connectivity index (χ3n) is 2.21. The van der Waals surface area contributed by atoms with E-state index in [4.69, 9.17) is 4.74 Å². The number of hydrogen-bond donors (Lipinski definition) is 0. The van der Waals surface area contributed by atoms with Gasteiger partial charge in [0, 0.05) is 20.0 Å². The first-order valence-corrected chi connectivity index (χ1v) is 5.14. The molecule has 0 heterocycles. The van der Waals surface area contributed by atoms with Crippen LogP contribution in [0.3, 0.4) is 0 Å². The topological polar surface area (TPSA) is 26.3 Å². The van der Waals surface area contributed by atoms with E-state index in [9.17, 15) is 4.79 Å². The highest BCUT2D eigenvalue weighted by molar-refractivity contribution is 5.77. The largest absolute Gasteiger partial charge is 0.381 e. The number of ether oxygens (including phenoxy) is 1. The molecule has 1 unspecified atom stereocenters. The zero-order valence-corrected chi connectivity index (χ0v) is 9.30. The van der Waals surface area contributed by atoms with E-state index >= 15 is 0 Å². The lowest BCUT2D eigenvalue weighted by molar-refractivity contribution is -0.119. The van der Waals surface area contributed by atoms with Crippen LogP contribution in [0.1, 0.15) is 46.5 Å². The molecule has 0 radical (unpaired) electrons. The number of methoxy groups -OCH3 is 1. The molecule has 0 aromatic rings. The summed E-state index contributed by atoms with van der Waals surface area (Å²) in [6, 6.07) is 0. The first-order chi connectivity index (χ1) is 6.10. The predicted octanol–water partition coefficient (Wildman–Crippen LogP) is 2.81. The summed E-state index contributed by atoms with van der Waals surface area (Å²) >= 11 is 0. The van der Waals surface area contributed by atoms with Gasteiger partial charge in [0.1, 0.15) is 5.78 Å². The second kappa shape index (κ2) is 7.07. The zero-order chi connectivity index (χ0) is 10.3. The third-order valence-corrected chi connectivity index (χ3v) is 2.21. The van der Waals surface area contributed by atoms with E-state index in [0.717, 1.165) is 12.8 Å². The van der Waals surface area contributed by atoms with Crippen molar-refractivity contribution in [3.8, 4) is 0 Å². The Balaban J connectivity index is 3.65. The minimum Gasteiger partial charge on any atom is -0.381 e. The number of carbonyl (C=O) groups excluding carboxylic acids is 1. The van der Waals surface area contributed by atoms with E-state index in [1.165, 1.54) is 0 Å². The standard InChI is InChI=1S/C11H22O2/c1-5-10(12)6-7-11(13-4)8-9(2)3/h9,11H,5-8H2,1-4H3. The van der Waals surface area contributed by atoms with Crippen LogP contribution in [0.2, 0.25) is 0 Å². The van der Waals surface area contributed by atoms with Gasteiger partial charge < -0.3 is 4.74 Å². The van der Waals surface area contributed by atoms with E-state index in [0.29, 0.717) is 24.5 Å². The number of Topliss-reactive ketones (excluding diaryl/α,β-unsaturated/α-hetero) is 1. The van der Waals surface area contributed by atoms with Crippen LogP contribution in [0.15, 0.2) is 0 Å². The molecule has 0 spiro atoms. The third kappa shape index (κ3) is 6.76. The van der Waals surface area contributed by atoms with Crippen molar-refractivity contribution >= 4 is 5.78 Å². The highest BCUT2D eigenvalue weighted by atomic mass is 16.5. The lowest BCUT2D eigenvalue weighted by Gasteiger charge is -2.16. The summed E-state index contributed by atoms with van der Waals surface area (Å²) in [4.78, 5) is 11.1. The average Bonchev–Trinajstić information content (AvgIpc) is 2.10. The second-order valence-electron chi connectivity index (χ2n) is 3.92. The number of hydrogen-bond acceptors (Lipinski definition) is 2. The molecule has 2 heteroatoms. The van der Waals surface area contributed by atoms with Crippen molar-refractivity contribution in [1.29, 1.82) is 0 Å². The molecule has 0 aliphatic carbocycles. The first-order valence-electron chi connectivity index (χ1n) is 5.14. The van der Waals surface area contributed by atoms with Crippen molar-refractivity contribution in [2.24, 2.45) is 5.92 Å². The first kappa shape index (κ1) is 12.6. The van der Waals surface area contributed by atoms with Crippen molar-refractivity contribution in [2.75, 3.05) is 7.11 Å². The summed E-state index contributed by atoms with van der Waals surface area (Å²) in [6.07, 6.45) is 3.50. The smallest absolute Gasteiger partial charge is 0.132 e. The Morgan fingerprint density at radius 2 is 2.00 bits per heavy atom.